The van der Waals surface area contributed by atoms with Crippen molar-refractivity contribution in [1.82, 2.24) is 0 Å². The van der Waals surface area contributed by atoms with Crippen molar-refractivity contribution in [2.45, 2.75) is 25.5 Å². The molecule has 1 N–H and O–H groups in total. The van der Waals surface area contributed by atoms with E-state index >= 15 is 0 Å². The lowest BCUT2D eigenvalue weighted by Crippen LogP contribution is -2.08. The summed E-state index contributed by atoms with van der Waals surface area (Å²) >= 11 is 9.89. The normalized spacial score (nSPS) is 17.9. The minimum atomic E-state index is -2.74. The van der Waals surface area contributed by atoms with E-state index in [-0.39, 0.29) is 4.75 Å². The molecule has 0 fully saturated rings. The van der Waals surface area contributed by atoms with Crippen LogP contribution in [0.4, 0.5) is 0 Å². The van der Waals surface area contributed by atoms with Gasteiger partial charge in [-0.05, 0) is 11.8 Å². The van der Waals surface area contributed by atoms with Gasteiger partial charge in [0.15, 0.2) is 0 Å². The van der Waals surface area contributed by atoms with Crippen LogP contribution < -0.4 is 0 Å². The average Bonchev–Trinajstić information content (AvgIpc) is 1.55. The summed E-state index contributed by atoms with van der Waals surface area (Å²) in [7, 11) is 0. The van der Waals surface area contributed by atoms with Gasteiger partial charge in [-0.1, -0.05) is 33.0 Å². The SMILES string of the molecule is CC(C)(C)SCOP(O)(=S)S. The zero-order valence-electron chi connectivity index (χ0n) is 6.77. The quantitative estimate of drug-likeness (QED) is 0.445. The largest absolute Gasteiger partial charge is 0.338 e. The van der Waals surface area contributed by atoms with Gasteiger partial charge in [-0.3, -0.25) is 0 Å². The Morgan fingerprint density at radius 3 is 2.36 bits per heavy atom. The third-order valence-electron chi connectivity index (χ3n) is 0.713. The van der Waals surface area contributed by atoms with Crippen molar-refractivity contribution in [2.75, 3.05) is 5.94 Å². The van der Waals surface area contributed by atoms with Gasteiger partial charge in [-0.15, -0.1) is 11.8 Å². The van der Waals surface area contributed by atoms with Crippen molar-refractivity contribution in [1.29, 1.82) is 0 Å². The van der Waals surface area contributed by atoms with Crippen molar-refractivity contribution < 1.29 is 9.42 Å². The van der Waals surface area contributed by atoms with Gasteiger partial charge in [0, 0.05) is 4.75 Å². The maximum Gasteiger partial charge on any atom is 0.242 e. The molecule has 0 saturated heterocycles. The number of thioether (sulfide) groups is 1. The molecule has 1 unspecified atom stereocenters. The molecular weight excluding hydrogens is 219 g/mol. The minimum absolute atomic E-state index is 0.137. The Kier molecular flexibility index (Phi) is 5.01. The monoisotopic (exact) mass is 232 g/mol. The van der Waals surface area contributed by atoms with Gasteiger partial charge in [0.25, 0.3) is 0 Å². The first-order chi connectivity index (χ1) is 4.71. The van der Waals surface area contributed by atoms with E-state index < -0.39 is 5.69 Å². The van der Waals surface area contributed by atoms with Gasteiger partial charge >= 0.3 is 0 Å². The fraction of sp³-hybridized carbons (Fsp3) is 1.00. The van der Waals surface area contributed by atoms with Gasteiger partial charge in [-0.25, -0.2) is 0 Å². The zero-order chi connectivity index (χ0) is 9.12. The Hall–Kier alpha value is 1.27. The van der Waals surface area contributed by atoms with Crippen LogP contribution in [0.1, 0.15) is 20.8 Å². The molecular formula is C5H13O2PS3. The third kappa shape index (κ3) is 11.3. The van der Waals surface area contributed by atoms with E-state index in [1.807, 2.05) is 0 Å². The molecule has 0 bridgehead atoms. The highest BCUT2D eigenvalue weighted by molar-refractivity contribution is 8.59. The first-order valence-corrected chi connectivity index (χ1v) is 7.86. The Balaban J connectivity index is 3.52. The lowest BCUT2D eigenvalue weighted by Gasteiger charge is -2.18. The van der Waals surface area contributed by atoms with Crippen molar-refractivity contribution >= 4 is 41.5 Å². The number of rotatable bonds is 3. The zero-order valence-corrected chi connectivity index (χ0v) is 10.2. The van der Waals surface area contributed by atoms with Crippen LogP contribution in [-0.4, -0.2) is 15.6 Å². The summed E-state index contributed by atoms with van der Waals surface area (Å²) in [4.78, 5) is 8.97. The number of hydrogen-bond acceptors (Lipinski definition) is 3. The lowest BCUT2D eigenvalue weighted by molar-refractivity contribution is 0.385. The highest BCUT2D eigenvalue weighted by Gasteiger charge is 2.13. The number of thiol groups is 1. The molecule has 0 aromatic carbocycles. The summed E-state index contributed by atoms with van der Waals surface area (Å²) in [5, 5.41) is 0. The predicted molar refractivity (Wildman–Crippen MR) is 58.8 cm³/mol. The van der Waals surface area contributed by atoms with Crippen LogP contribution in [0.5, 0.6) is 0 Å². The van der Waals surface area contributed by atoms with Gasteiger partial charge in [0.05, 0.1) is 0 Å². The maximum absolute atomic E-state index is 8.97. The minimum Gasteiger partial charge on any atom is -0.338 e. The van der Waals surface area contributed by atoms with E-state index in [2.05, 4.69) is 44.8 Å². The van der Waals surface area contributed by atoms with Crippen LogP contribution in [0.25, 0.3) is 0 Å². The first kappa shape index (κ1) is 12.3. The van der Waals surface area contributed by atoms with E-state index in [4.69, 9.17) is 9.42 Å². The predicted octanol–water partition coefficient (Wildman–Crippen LogP) is 2.64. The molecule has 0 aromatic heterocycles. The molecule has 2 nitrogen and oxygen atoms in total. The second kappa shape index (κ2) is 4.49. The summed E-state index contributed by atoms with van der Waals surface area (Å²) in [6.45, 7) is 6.21. The highest BCUT2D eigenvalue weighted by Crippen LogP contribution is 2.48. The molecule has 0 aliphatic carbocycles. The van der Waals surface area contributed by atoms with E-state index in [1.165, 1.54) is 0 Å². The molecule has 0 rings (SSSR count). The molecule has 11 heavy (non-hydrogen) atoms. The summed E-state index contributed by atoms with van der Waals surface area (Å²) in [6, 6.07) is 0. The molecule has 0 spiro atoms. The Morgan fingerprint density at radius 1 is 1.64 bits per heavy atom. The maximum atomic E-state index is 8.97. The van der Waals surface area contributed by atoms with Gasteiger partial charge in [0.2, 0.25) is 5.69 Å². The van der Waals surface area contributed by atoms with Crippen LogP contribution in [0.15, 0.2) is 0 Å². The van der Waals surface area contributed by atoms with Crippen molar-refractivity contribution in [3.63, 3.8) is 0 Å². The fourth-order valence-electron chi connectivity index (χ4n) is 0.272. The average molecular weight is 232 g/mol. The van der Waals surface area contributed by atoms with Gasteiger partial charge in [-0.2, -0.15) is 0 Å². The van der Waals surface area contributed by atoms with E-state index in [0.717, 1.165) is 0 Å². The molecule has 0 radical (unpaired) electrons. The van der Waals surface area contributed by atoms with E-state index in [0.29, 0.717) is 5.94 Å². The van der Waals surface area contributed by atoms with Crippen LogP contribution >= 0.6 is 29.7 Å². The van der Waals surface area contributed by atoms with Gasteiger partial charge in [0.1, 0.15) is 5.94 Å². The topological polar surface area (TPSA) is 29.5 Å². The summed E-state index contributed by atoms with van der Waals surface area (Å²) in [5.74, 6) is 0.404. The summed E-state index contributed by atoms with van der Waals surface area (Å²) in [5.41, 5.74) is -2.74. The van der Waals surface area contributed by atoms with Crippen molar-refractivity contribution in [3.05, 3.63) is 0 Å². The lowest BCUT2D eigenvalue weighted by atomic mass is 10.3. The Morgan fingerprint density at radius 2 is 2.09 bits per heavy atom. The molecule has 0 saturated carbocycles. The van der Waals surface area contributed by atoms with Crippen LogP contribution in [0, 0.1) is 0 Å². The van der Waals surface area contributed by atoms with Crippen molar-refractivity contribution in [3.8, 4) is 0 Å². The number of hydrogen-bond donors (Lipinski definition) is 2. The standard InChI is InChI=1S/C5H13O2PS3/c1-5(2,3)11-4-7-8(6,9)10/h4H2,1-3H3,(H2,6,9,10). The molecule has 0 aliphatic rings. The van der Waals surface area contributed by atoms with E-state index in [1.54, 1.807) is 11.8 Å². The van der Waals surface area contributed by atoms with E-state index in [9.17, 15) is 0 Å². The first-order valence-electron chi connectivity index (χ1n) is 3.05. The Labute approximate surface area is 82.4 Å². The molecule has 0 aliphatic heterocycles. The molecule has 1 atom stereocenters. The van der Waals surface area contributed by atoms with Crippen molar-refractivity contribution in [2.24, 2.45) is 0 Å². The molecule has 0 heterocycles. The van der Waals surface area contributed by atoms with Crippen LogP contribution in [0.2, 0.25) is 0 Å². The highest BCUT2D eigenvalue weighted by atomic mass is 32.9. The molecule has 6 heteroatoms. The summed E-state index contributed by atoms with van der Waals surface area (Å²) < 4.78 is 5.05. The van der Waals surface area contributed by atoms with Crippen LogP contribution in [0.3, 0.4) is 0 Å². The third-order valence-corrected chi connectivity index (χ3v) is 3.12. The second-order valence-corrected chi connectivity index (χ2v) is 9.91. The summed E-state index contributed by atoms with van der Waals surface area (Å²) in [6.07, 6.45) is 0. The fourth-order valence-corrected chi connectivity index (χ4v) is 2.20. The molecule has 0 aromatic rings. The second-order valence-electron chi connectivity index (χ2n) is 2.99. The molecule has 0 amide bonds. The molecule has 68 valence electrons. The smallest absolute Gasteiger partial charge is 0.242 e. The Bertz CT molecular complexity index is 160. The van der Waals surface area contributed by atoms with Gasteiger partial charge < -0.3 is 9.42 Å². The van der Waals surface area contributed by atoms with Crippen LogP contribution in [-0.2, 0) is 16.3 Å².